The Morgan fingerprint density at radius 2 is 2.23 bits per heavy atom. The topological polar surface area (TPSA) is 91.2 Å². The van der Waals surface area contributed by atoms with E-state index in [4.69, 9.17) is 0 Å². The molecule has 2 fully saturated rings. The lowest BCUT2D eigenvalue weighted by molar-refractivity contribution is -0.139. The zero-order chi connectivity index (χ0) is 15.2. The molecule has 1 atom stereocenters. The number of β-amino-alcohol motifs (C(OH)–C–C–N with tert-alkyl or cyclic N) is 1. The van der Waals surface area contributed by atoms with E-state index in [0.717, 1.165) is 10.8 Å². The summed E-state index contributed by atoms with van der Waals surface area (Å²) in [4.78, 5) is 27.1. The molecule has 2 aliphatic heterocycles. The minimum atomic E-state index is -0.482. The molecule has 2 aromatic rings. The highest BCUT2D eigenvalue weighted by Crippen LogP contribution is 2.39. The summed E-state index contributed by atoms with van der Waals surface area (Å²) in [6.45, 7) is 1.50. The van der Waals surface area contributed by atoms with Crippen LogP contribution in [-0.2, 0) is 4.79 Å². The number of aliphatic hydroxyl groups excluding tert-OH is 1. The molecule has 22 heavy (non-hydrogen) atoms. The quantitative estimate of drug-likeness (QED) is 0.827. The molecule has 0 radical (unpaired) electrons. The lowest BCUT2D eigenvalue weighted by atomic mass is 9.72. The maximum Gasteiger partial charge on any atom is 0.230 e. The maximum atomic E-state index is 12.1. The second kappa shape index (κ2) is 4.99. The normalized spacial score (nSPS) is 23.2. The van der Waals surface area contributed by atoms with E-state index in [1.807, 2.05) is 16.3 Å². The molecule has 2 aliphatic rings. The van der Waals surface area contributed by atoms with Gasteiger partial charge in [-0.15, -0.1) is 11.3 Å². The Bertz CT molecular complexity index is 699. The summed E-state index contributed by atoms with van der Waals surface area (Å²) >= 11 is 1.49. The summed E-state index contributed by atoms with van der Waals surface area (Å²) in [5.41, 5.74) is -0.482. The molecular weight excluding hydrogens is 302 g/mol. The van der Waals surface area contributed by atoms with Gasteiger partial charge in [0.1, 0.15) is 5.82 Å². The highest BCUT2D eigenvalue weighted by Gasteiger charge is 2.52. The van der Waals surface area contributed by atoms with Crippen molar-refractivity contribution in [3.05, 3.63) is 23.8 Å². The fraction of sp³-hybridized carbons (Fsp3) is 0.429. The van der Waals surface area contributed by atoms with Crippen molar-refractivity contribution in [2.24, 2.45) is 5.41 Å². The molecule has 4 rings (SSSR count). The molecule has 2 saturated heterocycles. The lowest BCUT2D eigenvalue weighted by Crippen LogP contribution is -2.67. The standard InChI is InChI=1S/C14H15N5O2S/c20-9-5-14(13(21)17-6-9)7-19(8-14)10-1-2-15-11(18-10)12-16-3-4-22-12/h1-4,9,20H,5-8H2,(H,17,21). The number of aromatic nitrogens is 3. The zero-order valence-electron chi connectivity index (χ0n) is 11.8. The van der Waals surface area contributed by atoms with Gasteiger partial charge in [0.2, 0.25) is 5.91 Å². The molecule has 1 amide bonds. The number of piperidine rings is 1. The number of carbonyl (C=O) groups excluding carboxylic acids is 1. The molecule has 0 aliphatic carbocycles. The highest BCUT2D eigenvalue weighted by atomic mass is 32.1. The Kier molecular flexibility index (Phi) is 3.08. The summed E-state index contributed by atoms with van der Waals surface area (Å²) in [7, 11) is 0. The van der Waals surface area contributed by atoms with Crippen LogP contribution in [-0.4, -0.2) is 51.7 Å². The second-order valence-electron chi connectivity index (χ2n) is 5.78. The van der Waals surface area contributed by atoms with E-state index >= 15 is 0 Å². The summed E-state index contributed by atoms with van der Waals surface area (Å²) in [6, 6.07) is 1.83. The number of thiazole rings is 1. The molecule has 0 bridgehead atoms. The van der Waals surface area contributed by atoms with Gasteiger partial charge >= 0.3 is 0 Å². The largest absolute Gasteiger partial charge is 0.391 e. The Hall–Kier alpha value is -2.06. The van der Waals surface area contributed by atoms with Crippen molar-refractivity contribution in [3.63, 3.8) is 0 Å². The molecule has 2 N–H and O–H groups in total. The number of rotatable bonds is 2. The molecule has 1 unspecified atom stereocenters. The number of nitrogens with zero attached hydrogens (tertiary/aromatic N) is 4. The van der Waals surface area contributed by atoms with Crippen LogP contribution in [0.25, 0.3) is 10.8 Å². The number of carbonyl (C=O) groups is 1. The van der Waals surface area contributed by atoms with Crippen LogP contribution >= 0.6 is 11.3 Å². The van der Waals surface area contributed by atoms with Gasteiger partial charge in [0.15, 0.2) is 10.8 Å². The zero-order valence-corrected chi connectivity index (χ0v) is 12.6. The number of hydrogen-bond acceptors (Lipinski definition) is 7. The third kappa shape index (κ3) is 2.15. The summed E-state index contributed by atoms with van der Waals surface area (Å²) in [6.07, 6.45) is 3.48. The minimum absolute atomic E-state index is 0.0308. The highest BCUT2D eigenvalue weighted by molar-refractivity contribution is 7.13. The van der Waals surface area contributed by atoms with Crippen LogP contribution in [0.3, 0.4) is 0 Å². The maximum absolute atomic E-state index is 12.1. The van der Waals surface area contributed by atoms with Crippen molar-refractivity contribution in [2.75, 3.05) is 24.5 Å². The van der Waals surface area contributed by atoms with Gasteiger partial charge in [-0.2, -0.15) is 0 Å². The fourth-order valence-electron chi connectivity index (χ4n) is 3.10. The van der Waals surface area contributed by atoms with Crippen LogP contribution < -0.4 is 10.2 Å². The third-order valence-corrected chi connectivity index (χ3v) is 4.95. The molecule has 4 heterocycles. The lowest BCUT2D eigenvalue weighted by Gasteiger charge is -2.52. The predicted octanol–water partition coefficient (Wildman–Crippen LogP) is 0.287. The van der Waals surface area contributed by atoms with Gasteiger partial charge in [0, 0.05) is 37.4 Å². The van der Waals surface area contributed by atoms with Crippen molar-refractivity contribution in [3.8, 4) is 10.8 Å². The first-order valence-corrected chi connectivity index (χ1v) is 7.98. The molecule has 1 spiro atoms. The Balaban J connectivity index is 1.53. The van der Waals surface area contributed by atoms with Crippen LogP contribution in [0, 0.1) is 5.41 Å². The van der Waals surface area contributed by atoms with Crippen molar-refractivity contribution in [1.82, 2.24) is 20.3 Å². The van der Waals surface area contributed by atoms with Crippen LogP contribution in [0.5, 0.6) is 0 Å². The summed E-state index contributed by atoms with van der Waals surface area (Å²) < 4.78 is 0. The van der Waals surface area contributed by atoms with Crippen LogP contribution in [0.4, 0.5) is 5.82 Å². The smallest absolute Gasteiger partial charge is 0.230 e. The molecule has 0 aromatic carbocycles. The number of aliphatic hydroxyl groups is 1. The number of amides is 1. The molecule has 8 heteroatoms. The Labute approximate surface area is 131 Å². The van der Waals surface area contributed by atoms with E-state index in [-0.39, 0.29) is 5.91 Å². The first kappa shape index (κ1) is 13.6. The number of anilines is 1. The van der Waals surface area contributed by atoms with E-state index in [1.54, 1.807) is 12.4 Å². The fourth-order valence-corrected chi connectivity index (χ4v) is 3.67. The first-order valence-electron chi connectivity index (χ1n) is 7.11. The molecular formula is C14H15N5O2S. The van der Waals surface area contributed by atoms with Crippen LogP contribution in [0.15, 0.2) is 23.8 Å². The first-order chi connectivity index (χ1) is 10.7. The average Bonchev–Trinajstić information content (AvgIpc) is 3.02. The van der Waals surface area contributed by atoms with Gasteiger partial charge in [-0.25, -0.2) is 15.0 Å². The van der Waals surface area contributed by atoms with Gasteiger partial charge in [0.25, 0.3) is 0 Å². The van der Waals surface area contributed by atoms with Gasteiger partial charge in [0.05, 0.1) is 11.5 Å². The second-order valence-corrected chi connectivity index (χ2v) is 6.67. The Morgan fingerprint density at radius 1 is 1.36 bits per heavy atom. The third-order valence-electron chi connectivity index (χ3n) is 4.18. The summed E-state index contributed by atoms with van der Waals surface area (Å²) in [5.74, 6) is 1.42. The van der Waals surface area contributed by atoms with Gasteiger partial charge < -0.3 is 15.3 Å². The van der Waals surface area contributed by atoms with E-state index < -0.39 is 11.5 Å². The van der Waals surface area contributed by atoms with Crippen LogP contribution in [0.2, 0.25) is 0 Å². The Morgan fingerprint density at radius 3 is 3.00 bits per heavy atom. The van der Waals surface area contributed by atoms with E-state index in [2.05, 4.69) is 20.3 Å². The van der Waals surface area contributed by atoms with Gasteiger partial charge in [-0.05, 0) is 12.5 Å². The molecule has 114 valence electrons. The van der Waals surface area contributed by atoms with E-state index in [1.165, 1.54) is 11.3 Å². The molecule has 2 aromatic heterocycles. The monoisotopic (exact) mass is 317 g/mol. The van der Waals surface area contributed by atoms with Gasteiger partial charge in [-0.1, -0.05) is 0 Å². The number of nitrogens with one attached hydrogen (secondary N) is 1. The molecule has 7 nitrogen and oxygen atoms in total. The van der Waals surface area contributed by atoms with Crippen molar-refractivity contribution in [1.29, 1.82) is 0 Å². The van der Waals surface area contributed by atoms with Crippen molar-refractivity contribution in [2.45, 2.75) is 12.5 Å². The van der Waals surface area contributed by atoms with Gasteiger partial charge in [-0.3, -0.25) is 4.79 Å². The SMILES string of the molecule is O=C1NCC(O)CC12CN(c1ccnc(-c3nccs3)n1)C2. The van der Waals surface area contributed by atoms with Crippen molar-refractivity contribution < 1.29 is 9.90 Å². The van der Waals surface area contributed by atoms with Crippen LogP contribution in [0.1, 0.15) is 6.42 Å². The average molecular weight is 317 g/mol. The predicted molar refractivity (Wildman–Crippen MR) is 81.4 cm³/mol. The number of hydrogen-bond donors (Lipinski definition) is 2. The van der Waals surface area contributed by atoms with Crippen molar-refractivity contribution >= 4 is 23.1 Å². The van der Waals surface area contributed by atoms with E-state index in [0.29, 0.717) is 31.9 Å². The van der Waals surface area contributed by atoms with E-state index in [9.17, 15) is 9.90 Å². The molecule has 0 saturated carbocycles. The minimum Gasteiger partial charge on any atom is -0.391 e. The summed E-state index contributed by atoms with van der Waals surface area (Å²) in [5, 5.41) is 15.2.